The number of aromatic nitrogens is 1. The van der Waals surface area contributed by atoms with Crippen molar-refractivity contribution in [2.24, 2.45) is 0 Å². The third kappa shape index (κ3) is 3.63. The molecule has 1 spiro atoms. The minimum Gasteiger partial charge on any atom is -0.391 e. The molecule has 3 heterocycles. The zero-order valence-corrected chi connectivity index (χ0v) is 18.0. The number of likely N-dealkylation sites (tertiary alicyclic amines) is 1. The summed E-state index contributed by atoms with van der Waals surface area (Å²) in [4.78, 5) is 2.41. The summed E-state index contributed by atoms with van der Waals surface area (Å²) >= 11 is 3.47. The molecule has 2 aromatic carbocycles. The van der Waals surface area contributed by atoms with Crippen molar-refractivity contribution in [3.63, 3.8) is 0 Å². The number of benzene rings is 2. The fraction of sp³-hybridized carbons (Fsp3) is 0.333. The van der Waals surface area contributed by atoms with Crippen LogP contribution in [0.2, 0.25) is 0 Å². The monoisotopic (exact) mass is 451 g/mol. The molecule has 2 aliphatic heterocycles. The van der Waals surface area contributed by atoms with E-state index in [0.717, 1.165) is 36.9 Å². The molecular weight excluding hydrogens is 426 g/mol. The average Bonchev–Trinajstić information content (AvgIpc) is 3.23. The maximum Gasteiger partial charge on any atom is 0.0804 e. The normalized spacial score (nSPS) is 18.7. The number of fused-ring (bicyclic) bond motifs is 4. The zero-order valence-electron chi connectivity index (χ0n) is 16.4. The number of nitrogens with one attached hydrogen (secondary N) is 1. The second-order valence-corrected chi connectivity index (χ2v) is 9.19. The topological polar surface area (TPSA) is 40.4 Å². The number of hydrogen-bond acceptors (Lipinski definition) is 3. The Bertz CT molecular complexity index is 989. The quantitative estimate of drug-likeness (QED) is 0.610. The van der Waals surface area contributed by atoms with Gasteiger partial charge < -0.3 is 19.9 Å². The van der Waals surface area contributed by atoms with E-state index in [9.17, 15) is 5.11 Å². The Morgan fingerprint density at radius 2 is 1.76 bits per heavy atom. The fourth-order valence-electron chi connectivity index (χ4n) is 4.85. The highest BCUT2D eigenvalue weighted by Gasteiger charge is 2.41. The number of halogens is 1. The van der Waals surface area contributed by atoms with Crippen LogP contribution in [0.5, 0.6) is 0 Å². The molecule has 0 amide bonds. The predicted molar refractivity (Wildman–Crippen MR) is 121 cm³/mol. The van der Waals surface area contributed by atoms with Gasteiger partial charge in [-0.15, -0.1) is 0 Å². The van der Waals surface area contributed by atoms with Crippen LogP contribution in [0.1, 0.15) is 24.1 Å². The van der Waals surface area contributed by atoms with Gasteiger partial charge in [0.25, 0.3) is 0 Å². The molecule has 2 aliphatic rings. The lowest BCUT2D eigenvalue weighted by molar-refractivity contribution is 0.0846. The predicted octanol–water partition coefficient (Wildman–Crippen LogP) is 4.56. The lowest BCUT2D eigenvalue weighted by atomic mass is 9.82. The van der Waals surface area contributed by atoms with Crippen LogP contribution in [0, 0.1) is 0 Å². The van der Waals surface area contributed by atoms with Crippen LogP contribution >= 0.6 is 15.9 Å². The zero-order chi connectivity index (χ0) is 19.8. The molecule has 3 aromatic rings. The van der Waals surface area contributed by atoms with Gasteiger partial charge in [0.1, 0.15) is 0 Å². The van der Waals surface area contributed by atoms with E-state index in [0.29, 0.717) is 6.42 Å². The van der Waals surface area contributed by atoms with Crippen molar-refractivity contribution >= 4 is 21.6 Å². The lowest BCUT2D eigenvalue weighted by Gasteiger charge is -2.46. The van der Waals surface area contributed by atoms with Gasteiger partial charge in [-0.2, -0.15) is 0 Å². The number of β-amino-alcohol motifs (C(OH)–C–C–N with tert-alkyl or cyclic N) is 1. The Morgan fingerprint density at radius 3 is 2.55 bits per heavy atom. The summed E-state index contributed by atoms with van der Waals surface area (Å²) in [5, 5.41) is 14.5. The summed E-state index contributed by atoms with van der Waals surface area (Å²) in [6.07, 6.45) is 4.61. The minimum atomic E-state index is -0.339. The first kappa shape index (κ1) is 18.9. The molecule has 150 valence electrons. The van der Waals surface area contributed by atoms with Crippen LogP contribution in [-0.4, -0.2) is 40.3 Å². The van der Waals surface area contributed by atoms with E-state index in [1.807, 2.05) is 12.1 Å². The van der Waals surface area contributed by atoms with E-state index in [2.05, 4.69) is 85.4 Å². The molecule has 0 aliphatic carbocycles. The van der Waals surface area contributed by atoms with E-state index < -0.39 is 0 Å². The number of para-hydroxylation sites is 2. The summed E-state index contributed by atoms with van der Waals surface area (Å²) in [7, 11) is 0. The van der Waals surface area contributed by atoms with Crippen LogP contribution in [0.4, 0.5) is 5.69 Å². The van der Waals surface area contributed by atoms with Crippen molar-refractivity contribution < 1.29 is 5.11 Å². The Labute approximate surface area is 180 Å². The number of aliphatic hydroxyl groups excluding tert-OH is 1. The molecule has 4 nitrogen and oxygen atoms in total. The number of hydrogen-bond donors (Lipinski definition) is 2. The highest BCUT2D eigenvalue weighted by molar-refractivity contribution is 9.10. The van der Waals surface area contributed by atoms with Gasteiger partial charge in [0.05, 0.1) is 23.0 Å². The molecule has 0 bridgehead atoms. The summed E-state index contributed by atoms with van der Waals surface area (Å²) in [5.41, 5.74) is 4.94. The summed E-state index contributed by atoms with van der Waals surface area (Å²) in [6, 6.07) is 21.2. The molecular formula is C24H26BrN3O. The van der Waals surface area contributed by atoms with Crippen LogP contribution in [0.15, 0.2) is 71.3 Å². The Hall–Kier alpha value is -2.08. The minimum absolute atomic E-state index is 0.0228. The number of nitrogens with zero attached hydrogens (tertiary/aromatic N) is 2. The molecule has 1 unspecified atom stereocenters. The van der Waals surface area contributed by atoms with Crippen molar-refractivity contribution in [2.45, 2.75) is 30.9 Å². The molecule has 0 saturated carbocycles. The molecule has 1 fully saturated rings. The van der Waals surface area contributed by atoms with E-state index in [1.54, 1.807) is 0 Å². The van der Waals surface area contributed by atoms with Gasteiger partial charge in [-0.25, -0.2) is 0 Å². The van der Waals surface area contributed by atoms with Crippen molar-refractivity contribution in [3.05, 3.63) is 82.6 Å². The van der Waals surface area contributed by atoms with Crippen molar-refractivity contribution in [2.75, 3.05) is 25.0 Å². The summed E-state index contributed by atoms with van der Waals surface area (Å²) in [5.74, 6) is 0. The summed E-state index contributed by atoms with van der Waals surface area (Å²) in [6.45, 7) is 2.69. The van der Waals surface area contributed by atoms with Gasteiger partial charge in [-0.3, -0.25) is 0 Å². The van der Waals surface area contributed by atoms with Gasteiger partial charge >= 0.3 is 0 Å². The Morgan fingerprint density at radius 1 is 1.00 bits per heavy atom. The Balaban J connectivity index is 1.25. The van der Waals surface area contributed by atoms with Gasteiger partial charge in [-0.1, -0.05) is 40.2 Å². The van der Waals surface area contributed by atoms with Gasteiger partial charge in [0.15, 0.2) is 0 Å². The highest BCUT2D eigenvalue weighted by atomic mass is 79.9. The SMILES string of the molecule is OC(Cc1ccc(Br)cc1)CN1CCC2(CC1)Nc1ccccc1-n1cccc12. The first-order valence-corrected chi connectivity index (χ1v) is 11.1. The van der Waals surface area contributed by atoms with Gasteiger partial charge in [-0.05, 0) is 61.2 Å². The molecule has 5 heteroatoms. The first-order chi connectivity index (χ1) is 14.1. The van der Waals surface area contributed by atoms with Crippen LogP contribution in [0.25, 0.3) is 5.69 Å². The van der Waals surface area contributed by atoms with E-state index >= 15 is 0 Å². The third-order valence-electron chi connectivity index (χ3n) is 6.34. The third-order valence-corrected chi connectivity index (χ3v) is 6.87. The molecule has 29 heavy (non-hydrogen) atoms. The maximum atomic E-state index is 10.6. The number of aliphatic hydroxyl groups is 1. The van der Waals surface area contributed by atoms with E-state index in [4.69, 9.17) is 0 Å². The van der Waals surface area contributed by atoms with E-state index in [1.165, 1.54) is 22.6 Å². The van der Waals surface area contributed by atoms with Crippen molar-refractivity contribution in [1.29, 1.82) is 0 Å². The first-order valence-electron chi connectivity index (χ1n) is 10.3. The fourth-order valence-corrected chi connectivity index (χ4v) is 5.11. The molecule has 1 atom stereocenters. The molecule has 1 aromatic heterocycles. The lowest BCUT2D eigenvalue weighted by Crippen LogP contribution is -2.51. The smallest absolute Gasteiger partial charge is 0.0804 e. The van der Waals surface area contributed by atoms with Crippen LogP contribution in [-0.2, 0) is 12.0 Å². The van der Waals surface area contributed by atoms with Gasteiger partial charge in [0.2, 0.25) is 0 Å². The van der Waals surface area contributed by atoms with Crippen molar-refractivity contribution in [3.8, 4) is 5.69 Å². The molecule has 5 rings (SSSR count). The standard InChI is InChI=1S/C24H26BrN3O/c25-19-9-7-18(8-10-19)16-20(29)17-27-14-11-24(12-15-27)23-6-3-13-28(23)22-5-2-1-4-21(22)26-24/h1-10,13,20,26,29H,11-12,14-17H2. The van der Waals surface area contributed by atoms with E-state index in [-0.39, 0.29) is 11.6 Å². The maximum absolute atomic E-state index is 10.6. The largest absolute Gasteiger partial charge is 0.391 e. The Kier molecular flexibility index (Phi) is 4.98. The second-order valence-electron chi connectivity index (χ2n) is 8.27. The summed E-state index contributed by atoms with van der Waals surface area (Å²) < 4.78 is 3.41. The second kappa shape index (κ2) is 7.63. The van der Waals surface area contributed by atoms with Crippen LogP contribution < -0.4 is 5.32 Å². The number of rotatable bonds is 4. The average molecular weight is 452 g/mol. The highest BCUT2D eigenvalue weighted by Crippen LogP contribution is 2.43. The van der Waals surface area contributed by atoms with Gasteiger partial charge in [0, 0.05) is 36.0 Å². The van der Waals surface area contributed by atoms with Crippen LogP contribution in [0.3, 0.4) is 0 Å². The molecule has 0 radical (unpaired) electrons. The van der Waals surface area contributed by atoms with Crippen molar-refractivity contribution in [1.82, 2.24) is 9.47 Å². The number of piperidine rings is 1. The molecule has 2 N–H and O–H groups in total. The number of anilines is 1. The molecule has 1 saturated heterocycles.